The van der Waals surface area contributed by atoms with Gasteiger partial charge in [0.15, 0.2) is 10.5 Å². The van der Waals surface area contributed by atoms with Crippen molar-refractivity contribution in [3.8, 4) is 0 Å². The molecule has 8 heteroatoms. The molecule has 1 aromatic carbocycles. The summed E-state index contributed by atoms with van der Waals surface area (Å²) in [5.41, 5.74) is 1.11. The summed E-state index contributed by atoms with van der Waals surface area (Å²) >= 11 is 1.27. The lowest BCUT2D eigenvalue weighted by molar-refractivity contribution is 0.0992. The molecule has 0 aliphatic rings. The van der Waals surface area contributed by atoms with Crippen molar-refractivity contribution >= 4 is 27.5 Å². The zero-order valence-electron chi connectivity index (χ0n) is 13.4. The Balaban J connectivity index is 2.07. The van der Waals surface area contributed by atoms with Gasteiger partial charge in [0.2, 0.25) is 0 Å². The second-order valence-electron chi connectivity index (χ2n) is 5.11. The number of ether oxygens (including phenoxy) is 1. The summed E-state index contributed by atoms with van der Waals surface area (Å²) in [4.78, 5) is 17.0. The van der Waals surface area contributed by atoms with E-state index < -0.39 is 5.91 Å². The van der Waals surface area contributed by atoms with Crippen molar-refractivity contribution in [1.82, 2.24) is 14.3 Å². The number of amides is 1. The molecule has 0 saturated carbocycles. The van der Waals surface area contributed by atoms with E-state index in [9.17, 15) is 9.18 Å². The van der Waals surface area contributed by atoms with Gasteiger partial charge in [0.05, 0.1) is 16.8 Å². The fourth-order valence-corrected chi connectivity index (χ4v) is 3.41. The summed E-state index contributed by atoms with van der Waals surface area (Å²) in [6, 6.07) is 6.17. The number of hydrogen-bond donors (Lipinski definition) is 0. The Labute approximate surface area is 141 Å². The number of fused-ring (bicyclic) bond motifs is 1. The molecule has 0 spiro atoms. The molecule has 0 N–H and O–H groups in total. The van der Waals surface area contributed by atoms with Gasteiger partial charge in [-0.2, -0.15) is 10.1 Å². The van der Waals surface area contributed by atoms with Gasteiger partial charge in [0, 0.05) is 26.4 Å². The second-order valence-corrected chi connectivity index (χ2v) is 6.12. The Morgan fingerprint density at radius 2 is 2.25 bits per heavy atom. The van der Waals surface area contributed by atoms with Crippen LogP contribution in [0.25, 0.3) is 10.2 Å². The summed E-state index contributed by atoms with van der Waals surface area (Å²) in [5.74, 6) is -0.734. The number of nitrogens with zero attached hydrogens (tertiary/aromatic N) is 4. The number of methoxy groups -OCH3 is 1. The first kappa shape index (κ1) is 16.5. The molecule has 2 aromatic heterocycles. The monoisotopic (exact) mass is 348 g/mol. The molecule has 126 valence electrons. The van der Waals surface area contributed by atoms with Crippen LogP contribution in [0.1, 0.15) is 17.4 Å². The third kappa shape index (κ3) is 3.29. The Kier molecular flexibility index (Phi) is 4.86. The number of hydrogen-bond acceptors (Lipinski definition) is 4. The first-order valence-corrected chi connectivity index (χ1v) is 8.34. The largest absolute Gasteiger partial charge is 0.383 e. The minimum absolute atomic E-state index is 0.291. The van der Waals surface area contributed by atoms with E-state index in [1.165, 1.54) is 23.5 Å². The number of rotatable bonds is 5. The molecule has 6 nitrogen and oxygen atoms in total. The molecule has 0 aliphatic heterocycles. The van der Waals surface area contributed by atoms with Gasteiger partial charge in [0.1, 0.15) is 5.82 Å². The van der Waals surface area contributed by atoms with Crippen LogP contribution in [0.15, 0.2) is 35.5 Å². The highest BCUT2D eigenvalue weighted by Gasteiger charge is 2.12. The quantitative estimate of drug-likeness (QED) is 0.711. The van der Waals surface area contributed by atoms with Crippen molar-refractivity contribution in [2.45, 2.75) is 20.0 Å². The highest BCUT2D eigenvalue weighted by atomic mass is 32.1. The zero-order chi connectivity index (χ0) is 17.1. The highest BCUT2D eigenvalue weighted by molar-refractivity contribution is 7.16. The van der Waals surface area contributed by atoms with Gasteiger partial charge >= 0.3 is 0 Å². The molecule has 0 bridgehead atoms. The fraction of sp³-hybridized carbons (Fsp3) is 0.312. The number of aromatic nitrogens is 3. The van der Waals surface area contributed by atoms with Crippen LogP contribution < -0.4 is 4.80 Å². The summed E-state index contributed by atoms with van der Waals surface area (Å²) in [6.45, 7) is 3.62. The molecule has 0 aliphatic carbocycles. The van der Waals surface area contributed by atoms with Crippen molar-refractivity contribution in [1.29, 1.82) is 0 Å². The number of aryl methyl sites for hydroxylation is 1. The summed E-state index contributed by atoms with van der Waals surface area (Å²) in [6.07, 6.45) is 1.74. The minimum Gasteiger partial charge on any atom is -0.383 e. The maximum absolute atomic E-state index is 13.5. The third-order valence-electron chi connectivity index (χ3n) is 3.54. The van der Waals surface area contributed by atoms with E-state index in [-0.39, 0.29) is 5.82 Å². The number of carbonyl (C=O) groups is 1. The van der Waals surface area contributed by atoms with Gasteiger partial charge in [-0.05, 0) is 31.2 Å². The smallest absolute Gasteiger partial charge is 0.300 e. The molecule has 3 rings (SSSR count). The van der Waals surface area contributed by atoms with Crippen LogP contribution in [0.4, 0.5) is 4.39 Å². The Hall–Kier alpha value is -2.32. The summed E-state index contributed by atoms with van der Waals surface area (Å²) < 4.78 is 22.8. The van der Waals surface area contributed by atoms with E-state index in [2.05, 4.69) is 10.1 Å². The van der Waals surface area contributed by atoms with E-state index in [0.717, 1.165) is 10.2 Å². The van der Waals surface area contributed by atoms with Crippen LogP contribution in [0, 0.1) is 5.82 Å². The van der Waals surface area contributed by atoms with Crippen LogP contribution in [0.3, 0.4) is 0 Å². The molecule has 2 heterocycles. The molecular weight excluding hydrogens is 331 g/mol. The van der Waals surface area contributed by atoms with Crippen molar-refractivity contribution in [3.63, 3.8) is 0 Å². The number of halogens is 1. The predicted molar refractivity (Wildman–Crippen MR) is 89.4 cm³/mol. The van der Waals surface area contributed by atoms with Gasteiger partial charge in [0.25, 0.3) is 5.91 Å². The molecule has 0 unspecified atom stereocenters. The highest BCUT2D eigenvalue weighted by Crippen LogP contribution is 2.18. The van der Waals surface area contributed by atoms with Crippen molar-refractivity contribution in [2.24, 2.45) is 4.99 Å². The van der Waals surface area contributed by atoms with Crippen molar-refractivity contribution in [2.75, 3.05) is 13.7 Å². The topological polar surface area (TPSA) is 61.4 Å². The predicted octanol–water partition coefficient (Wildman–Crippen LogP) is 2.45. The average molecular weight is 348 g/mol. The molecule has 0 fully saturated rings. The van der Waals surface area contributed by atoms with Gasteiger partial charge in [-0.25, -0.2) is 4.39 Å². The first-order chi connectivity index (χ1) is 11.6. The Morgan fingerprint density at radius 1 is 1.42 bits per heavy atom. The average Bonchev–Trinajstić information content (AvgIpc) is 3.17. The van der Waals surface area contributed by atoms with Crippen molar-refractivity contribution in [3.05, 3.63) is 46.8 Å². The first-order valence-electron chi connectivity index (χ1n) is 7.52. The van der Waals surface area contributed by atoms with Crippen LogP contribution in [0.2, 0.25) is 0 Å². The molecule has 1 amide bonds. The van der Waals surface area contributed by atoms with Crippen molar-refractivity contribution < 1.29 is 13.9 Å². The van der Waals surface area contributed by atoms with E-state index in [0.29, 0.717) is 30.2 Å². The molecule has 3 aromatic rings. The van der Waals surface area contributed by atoms with Crippen LogP contribution >= 0.6 is 11.3 Å². The Morgan fingerprint density at radius 3 is 2.96 bits per heavy atom. The number of benzene rings is 1. The summed E-state index contributed by atoms with van der Waals surface area (Å²) in [7, 11) is 1.61. The van der Waals surface area contributed by atoms with E-state index in [1.807, 2.05) is 11.5 Å². The zero-order valence-corrected chi connectivity index (χ0v) is 14.2. The lowest BCUT2D eigenvalue weighted by atomic mass is 10.3. The molecule has 24 heavy (non-hydrogen) atoms. The molecular formula is C16H17FN4O2S. The van der Waals surface area contributed by atoms with Gasteiger partial charge in [-0.3, -0.25) is 9.48 Å². The number of thiazole rings is 1. The maximum atomic E-state index is 13.5. The van der Waals surface area contributed by atoms with Gasteiger partial charge in [-0.15, -0.1) is 0 Å². The van der Waals surface area contributed by atoms with E-state index in [4.69, 9.17) is 4.74 Å². The SMILES string of the molecule is CCn1ccc(C(=O)N=c2sc3cc(F)ccc3n2CCOC)n1. The van der Waals surface area contributed by atoms with E-state index in [1.54, 1.807) is 30.1 Å². The van der Waals surface area contributed by atoms with Crippen LogP contribution in [0.5, 0.6) is 0 Å². The standard InChI is InChI=1S/C16H17FN4O2S/c1-3-20-7-6-12(19-20)15(22)18-16-21(8-9-23-2)13-5-4-11(17)10-14(13)24-16/h4-7,10H,3,8-9H2,1-2H3. The second kappa shape index (κ2) is 7.06. The van der Waals surface area contributed by atoms with Crippen LogP contribution in [-0.2, 0) is 17.8 Å². The Bertz CT molecular complexity index is 941. The minimum atomic E-state index is -0.416. The van der Waals surface area contributed by atoms with Crippen LogP contribution in [-0.4, -0.2) is 34.0 Å². The van der Waals surface area contributed by atoms with Gasteiger partial charge < -0.3 is 9.30 Å². The maximum Gasteiger partial charge on any atom is 0.300 e. The fourth-order valence-electron chi connectivity index (χ4n) is 2.33. The molecule has 0 atom stereocenters. The molecule has 0 saturated heterocycles. The van der Waals surface area contributed by atoms with E-state index >= 15 is 0 Å². The lowest BCUT2D eigenvalue weighted by Crippen LogP contribution is -2.19. The third-order valence-corrected chi connectivity index (χ3v) is 4.59. The number of carbonyl (C=O) groups excluding carboxylic acids is 1. The lowest BCUT2D eigenvalue weighted by Gasteiger charge is -2.03. The summed E-state index contributed by atoms with van der Waals surface area (Å²) in [5, 5.41) is 4.17. The normalized spacial score (nSPS) is 12.2. The molecule has 0 radical (unpaired) electrons. The van der Waals surface area contributed by atoms with Gasteiger partial charge in [-0.1, -0.05) is 11.3 Å².